The Balaban J connectivity index is 2.56. The molecular weight excluding hydrogens is 204 g/mol. The third-order valence-electron chi connectivity index (χ3n) is 2.11. The molecule has 5 heteroatoms. The molecule has 0 atom stereocenters. The number of rotatable bonds is 4. The van der Waals surface area contributed by atoms with E-state index in [2.05, 4.69) is 21.9 Å². The molecule has 0 bridgehead atoms. The SMILES string of the molecule is C=CCn1nnc(C=O)c1-c1cccnc1. The van der Waals surface area contributed by atoms with Crippen LogP contribution in [0.1, 0.15) is 10.5 Å². The Kier molecular flexibility index (Phi) is 2.86. The summed E-state index contributed by atoms with van der Waals surface area (Å²) in [6, 6.07) is 3.66. The van der Waals surface area contributed by atoms with Gasteiger partial charge in [0, 0.05) is 18.0 Å². The van der Waals surface area contributed by atoms with Gasteiger partial charge in [-0.15, -0.1) is 11.7 Å². The second-order valence-corrected chi connectivity index (χ2v) is 3.15. The maximum absolute atomic E-state index is 10.9. The molecule has 0 radical (unpaired) electrons. The molecule has 2 heterocycles. The van der Waals surface area contributed by atoms with Gasteiger partial charge in [0.15, 0.2) is 12.0 Å². The molecule has 0 aliphatic heterocycles. The van der Waals surface area contributed by atoms with E-state index in [9.17, 15) is 4.79 Å². The molecule has 2 aromatic rings. The molecule has 0 amide bonds. The number of aromatic nitrogens is 4. The van der Waals surface area contributed by atoms with Crippen LogP contribution in [-0.2, 0) is 6.54 Å². The number of allylic oxidation sites excluding steroid dienone is 1. The average molecular weight is 214 g/mol. The summed E-state index contributed by atoms with van der Waals surface area (Å²) < 4.78 is 1.62. The zero-order valence-electron chi connectivity index (χ0n) is 8.58. The third kappa shape index (κ3) is 1.75. The molecular formula is C11H10N4O. The highest BCUT2D eigenvalue weighted by molar-refractivity contribution is 5.82. The third-order valence-corrected chi connectivity index (χ3v) is 2.11. The van der Waals surface area contributed by atoms with Crippen molar-refractivity contribution in [2.24, 2.45) is 0 Å². The van der Waals surface area contributed by atoms with Crippen LogP contribution >= 0.6 is 0 Å². The van der Waals surface area contributed by atoms with E-state index < -0.39 is 0 Å². The zero-order valence-corrected chi connectivity index (χ0v) is 8.58. The van der Waals surface area contributed by atoms with Gasteiger partial charge in [0.25, 0.3) is 0 Å². The molecule has 2 rings (SSSR count). The van der Waals surface area contributed by atoms with Crippen molar-refractivity contribution in [3.63, 3.8) is 0 Å². The molecule has 80 valence electrons. The van der Waals surface area contributed by atoms with Crippen LogP contribution in [0.5, 0.6) is 0 Å². The molecule has 16 heavy (non-hydrogen) atoms. The lowest BCUT2D eigenvalue weighted by Gasteiger charge is -2.03. The minimum atomic E-state index is 0.315. The maximum Gasteiger partial charge on any atom is 0.172 e. The van der Waals surface area contributed by atoms with Gasteiger partial charge in [0.2, 0.25) is 0 Å². The van der Waals surface area contributed by atoms with E-state index in [4.69, 9.17) is 0 Å². The van der Waals surface area contributed by atoms with Gasteiger partial charge in [0.05, 0.1) is 6.54 Å². The number of hydrogen-bond donors (Lipinski definition) is 0. The molecule has 0 aliphatic carbocycles. The highest BCUT2D eigenvalue weighted by Crippen LogP contribution is 2.19. The lowest BCUT2D eigenvalue weighted by molar-refractivity contribution is 0.111. The number of nitrogens with zero attached hydrogens (tertiary/aromatic N) is 4. The number of carbonyl (C=O) groups excluding carboxylic acids is 1. The monoisotopic (exact) mass is 214 g/mol. The summed E-state index contributed by atoms with van der Waals surface area (Å²) in [5, 5.41) is 7.69. The standard InChI is InChI=1S/C11H10N4O/c1-2-6-15-11(10(8-16)13-14-15)9-4-3-5-12-7-9/h2-5,7-8H,1,6H2. The normalized spacial score (nSPS) is 10.0. The number of hydrogen-bond acceptors (Lipinski definition) is 4. The summed E-state index contributed by atoms with van der Waals surface area (Å²) in [4.78, 5) is 14.9. The van der Waals surface area contributed by atoms with Gasteiger partial charge in [-0.25, -0.2) is 4.68 Å². The lowest BCUT2D eigenvalue weighted by atomic mass is 10.2. The number of pyridine rings is 1. The van der Waals surface area contributed by atoms with Gasteiger partial charge in [0.1, 0.15) is 5.69 Å². The molecule has 0 saturated carbocycles. The van der Waals surface area contributed by atoms with Gasteiger partial charge < -0.3 is 0 Å². The van der Waals surface area contributed by atoms with Gasteiger partial charge in [-0.05, 0) is 12.1 Å². The predicted octanol–water partition coefficient (Wildman–Crippen LogP) is 1.34. The molecule has 0 fully saturated rings. The molecule has 0 saturated heterocycles. The molecule has 0 spiro atoms. The highest BCUT2D eigenvalue weighted by Gasteiger charge is 2.13. The zero-order chi connectivity index (χ0) is 11.4. The second-order valence-electron chi connectivity index (χ2n) is 3.15. The molecule has 0 N–H and O–H groups in total. The van der Waals surface area contributed by atoms with Crippen LogP contribution in [0.15, 0.2) is 37.2 Å². The van der Waals surface area contributed by atoms with E-state index in [1.54, 1.807) is 29.2 Å². The van der Waals surface area contributed by atoms with Crippen LogP contribution in [0.4, 0.5) is 0 Å². The lowest BCUT2D eigenvalue weighted by Crippen LogP contribution is -2.01. The van der Waals surface area contributed by atoms with E-state index >= 15 is 0 Å². The summed E-state index contributed by atoms with van der Waals surface area (Å²) in [7, 11) is 0. The Labute approximate surface area is 92.4 Å². The van der Waals surface area contributed by atoms with Crippen LogP contribution in [0.2, 0.25) is 0 Å². The van der Waals surface area contributed by atoms with Crippen LogP contribution in [-0.4, -0.2) is 26.3 Å². The predicted molar refractivity (Wildman–Crippen MR) is 58.8 cm³/mol. The smallest absolute Gasteiger partial charge is 0.172 e. The van der Waals surface area contributed by atoms with Crippen LogP contribution in [0, 0.1) is 0 Å². The fourth-order valence-corrected chi connectivity index (χ4v) is 1.46. The summed E-state index contributed by atoms with van der Waals surface area (Å²) >= 11 is 0. The van der Waals surface area contributed by atoms with Crippen molar-refractivity contribution in [2.45, 2.75) is 6.54 Å². The first-order valence-corrected chi connectivity index (χ1v) is 4.76. The maximum atomic E-state index is 10.9. The minimum Gasteiger partial charge on any atom is -0.296 e. The summed E-state index contributed by atoms with van der Waals surface area (Å²) in [5.74, 6) is 0. The first-order valence-electron chi connectivity index (χ1n) is 4.76. The number of aldehydes is 1. The summed E-state index contributed by atoms with van der Waals surface area (Å²) in [6.07, 6.45) is 5.73. The van der Waals surface area contributed by atoms with Gasteiger partial charge in [-0.3, -0.25) is 9.78 Å². The Hall–Kier alpha value is -2.30. The Morgan fingerprint density at radius 1 is 1.50 bits per heavy atom. The van der Waals surface area contributed by atoms with E-state index in [1.807, 2.05) is 6.07 Å². The van der Waals surface area contributed by atoms with Crippen LogP contribution < -0.4 is 0 Å². The van der Waals surface area contributed by atoms with Crippen LogP contribution in [0.25, 0.3) is 11.3 Å². The summed E-state index contributed by atoms with van der Waals surface area (Å²) in [5.41, 5.74) is 1.80. The fourth-order valence-electron chi connectivity index (χ4n) is 1.46. The van der Waals surface area contributed by atoms with Crippen LogP contribution in [0.3, 0.4) is 0 Å². The fraction of sp³-hybridized carbons (Fsp3) is 0.0909. The van der Waals surface area contributed by atoms with Crippen molar-refractivity contribution in [1.29, 1.82) is 0 Å². The topological polar surface area (TPSA) is 60.7 Å². The largest absolute Gasteiger partial charge is 0.296 e. The molecule has 2 aromatic heterocycles. The van der Waals surface area contributed by atoms with Crippen molar-refractivity contribution in [3.05, 3.63) is 42.9 Å². The molecule has 0 aromatic carbocycles. The van der Waals surface area contributed by atoms with Gasteiger partial charge >= 0.3 is 0 Å². The van der Waals surface area contributed by atoms with E-state index in [-0.39, 0.29) is 0 Å². The van der Waals surface area contributed by atoms with E-state index in [1.165, 1.54) is 0 Å². The molecule has 5 nitrogen and oxygen atoms in total. The quantitative estimate of drug-likeness (QED) is 0.569. The first kappa shape index (κ1) is 10.2. The second kappa shape index (κ2) is 4.48. The first-order chi connectivity index (χ1) is 7.86. The summed E-state index contributed by atoms with van der Waals surface area (Å²) in [6.45, 7) is 4.14. The van der Waals surface area contributed by atoms with Crippen molar-refractivity contribution in [1.82, 2.24) is 20.0 Å². The van der Waals surface area contributed by atoms with Crippen molar-refractivity contribution in [3.8, 4) is 11.3 Å². The minimum absolute atomic E-state index is 0.315. The van der Waals surface area contributed by atoms with Crippen molar-refractivity contribution in [2.75, 3.05) is 0 Å². The Morgan fingerprint density at radius 3 is 3.00 bits per heavy atom. The Bertz CT molecular complexity index is 504. The highest BCUT2D eigenvalue weighted by atomic mass is 16.1. The van der Waals surface area contributed by atoms with E-state index in [0.717, 1.165) is 5.56 Å². The number of carbonyl (C=O) groups is 1. The molecule has 0 aliphatic rings. The van der Waals surface area contributed by atoms with Gasteiger partial charge in [-0.2, -0.15) is 0 Å². The van der Waals surface area contributed by atoms with Crippen molar-refractivity contribution >= 4 is 6.29 Å². The van der Waals surface area contributed by atoms with Crippen molar-refractivity contribution < 1.29 is 4.79 Å². The Morgan fingerprint density at radius 2 is 2.38 bits per heavy atom. The average Bonchev–Trinajstić information content (AvgIpc) is 2.74. The van der Waals surface area contributed by atoms with E-state index in [0.29, 0.717) is 24.2 Å². The van der Waals surface area contributed by atoms with Gasteiger partial charge in [-0.1, -0.05) is 11.3 Å². The molecule has 0 unspecified atom stereocenters.